The molecule has 0 aromatic rings. The minimum Gasteiger partial charge on any atom is -0.462 e. The van der Waals surface area contributed by atoms with Gasteiger partial charge in [0.2, 0.25) is 0 Å². The Labute approximate surface area is 510 Å². The van der Waals surface area contributed by atoms with Gasteiger partial charge in [-0.15, -0.1) is 0 Å². The number of allylic oxidation sites excluding steroid dienone is 10. The predicted octanol–water partition coefficient (Wildman–Crippen LogP) is 25.1. The van der Waals surface area contributed by atoms with Crippen LogP contribution in [-0.2, 0) is 28.6 Å². The molecule has 0 aromatic carbocycles. The maximum absolute atomic E-state index is 12.9. The molecular weight excluding hydrogens is 1010 g/mol. The Bertz CT molecular complexity index is 1460. The minimum absolute atomic E-state index is 0.0680. The fourth-order valence-corrected chi connectivity index (χ4v) is 10.8. The summed E-state index contributed by atoms with van der Waals surface area (Å²) in [5, 5.41) is 0. The molecule has 1 unspecified atom stereocenters. The molecular formula is C76H138O6. The number of esters is 3. The fraction of sp³-hybridized carbons (Fsp3) is 0.829. The molecule has 6 heteroatoms. The molecule has 0 bridgehead atoms. The van der Waals surface area contributed by atoms with Crippen molar-refractivity contribution in [1.29, 1.82) is 0 Å². The van der Waals surface area contributed by atoms with Crippen LogP contribution < -0.4 is 0 Å². The Kier molecular flexibility index (Phi) is 68.1. The van der Waals surface area contributed by atoms with Gasteiger partial charge in [-0.3, -0.25) is 14.4 Å². The van der Waals surface area contributed by atoms with Gasteiger partial charge in [0.05, 0.1) is 0 Å². The Morgan fingerprint density at radius 2 is 0.476 bits per heavy atom. The topological polar surface area (TPSA) is 78.9 Å². The Morgan fingerprint density at radius 3 is 0.756 bits per heavy atom. The lowest BCUT2D eigenvalue weighted by atomic mass is 10.0. The number of carbonyl (C=O) groups is 3. The molecule has 0 rings (SSSR count). The average Bonchev–Trinajstić information content (AvgIpc) is 3.47. The number of hydrogen-bond donors (Lipinski definition) is 0. The minimum atomic E-state index is -0.771. The summed E-state index contributed by atoms with van der Waals surface area (Å²) in [5.41, 5.74) is 0. The van der Waals surface area contributed by atoms with E-state index in [9.17, 15) is 14.4 Å². The second-order valence-corrected chi connectivity index (χ2v) is 24.5. The second-order valence-electron chi connectivity index (χ2n) is 24.5. The molecule has 0 heterocycles. The van der Waals surface area contributed by atoms with Crippen LogP contribution in [-0.4, -0.2) is 37.2 Å². The zero-order valence-electron chi connectivity index (χ0n) is 55.0. The predicted molar refractivity (Wildman–Crippen MR) is 358 cm³/mol. The molecule has 6 nitrogen and oxygen atoms in total. The molecule has 0 aromatic heterocycles. The van der Waals surface area contributed by atoms with Crippen LogP contribution in [0.25, 0.3) is 0 Å². The average molecular weight is 1150 g/mol. The highest BCUT2D eigenvalue weighted by Crippen LogP contribution is 2.18. The van der Waals surface area contributed by atoms with Crippen LogP contribution in [0.1, 0.15) is 387 Å². The third kappa shape index (κ3) is 67.9. The van der Waals surface area contributed by atoms with Crippen LogP contribution in [0.4, 0.5) is 0 Å². The van der Waals surface area contributed by atoms with Crippen LogP contribution in [0.2, 0.25) is 0 Å². The van der Waals surface area contributed by atoms with Crippen LogP contribution >= 0.6 is 0 Å². The van der Waals surface area contributed by atoms with Gasteiger partial charge in [0.25, 0.3) is 0 Å². The number of rotatable bonds is 67. The second kappa shape index (κ2) is 70.6. The first kappa shape index (κ1) is 79.1. The van der Waals surface area contributed by atoms with Gasteiger partial charge in [-0.1, -0.05) is 345 Å². The van der Waals surface area contributed by atoms with E-state index < -0.39 is 6.10 Å². The van der Waals surface area contributed by atoms with Gasteiger partial charge in [-0.25, -0.2) is 0 Å². The number of carbonyl (C=O) groups excluding carboxylic acids is 3. The van der Waals surface area contributed by atoms with Crippen molar-refractivity contribution in [3.63, 3.8) is 0 Å². The van der Waals surface area contributed by atoms with Gasteiger partial charge >= 0.3 is 17.9 Å². The maximum Gasteiger partial charge on any atom is 0.306 e. The summed E-state index contributed by atoms with van der Waals surface area (Å²) in [7, 11) is 0. The van der Waals surface area contributed by atoms with Crippen molar-refractivity contribution < 1.29 is 28.6 Å². The van der Waals surface area contributed by atoms with Gasteiger partial charge < -0.3 is 14.2 Å². The zero-order chi connectivity index (χ0) is 59.2. The van der Waals surface area contributed by atoms with Crippen molar-refractivity contribution in [2.24, 2.45) is 0 Å². The van der Waals surface area contributed by atoms with Gasteiger partial charge in [-0.05, 0) is 83.5 Å². The van der Waals surface area contributed by atoms with Gasteiger partial charge in [-0.2, -0.15) is 0 Å². The summed E-state index contributed by atoms with van der Waals surface area (Å²) in [4.78, 5) is 38.4. The third-order valence-electron chi connectivity index (χ3n) is 16.3. The van der Waals surface area contributed by atoms with Crippen LogP contribution in [0, 0.1) is 0 Å². The highest BCUT2D eigenvalue weighted by Gasteiger charge is 2.19. The molecule has 478 valence electrons. The van der Waals surface area contributed by atoms with E-state index in [1.807, 2.05) is 0 Å². The van der Waals surface area contributed by atoms with Crippen LogP contribution in [0.5, 0.6) is 0 Å². The third-order valence-corrected chi connectivity index (χ3v) is 16.3. The Hall–Kier alpha value is -2.89. The Morgan fingerprint density at radius 1 is 0.256 bits per heavy atom. The van der Waals surface area contributed by atoms with Crippen LogP contribution in [0.3, 0.4) is 0 Å². The van der Waals surface area contributed by atoms with Crippen molar-refractivity contribution in [3.8, 4) is 0 Å². The highest BCUT2D eigenvalue weighted by molar-refractivity contribution is 5.71. The molecule has 0 radical (unpaired) electrons. The molecule has 0 N–H and O–H groups in total. The number of ether oxygens (including phenoxy) is 3. The van der Waals surface area contributed by atoms with Crippen molar-refractivity contribution in [3.05, 3.63) is 60.8 Å². The molecule has 0 saturated heterocycles. The lowest BCUT2D eigenvalue weighted by Crippen LogP contribution is -2.30. The van der Waals surface area contributed by atoms with Gasteiger partial charge in [0, 0.05) is 19.3 Å². The van der Waals surface area contributed by atoms with E-state index in [-0.39, 0.29) is 31.1 Å². The molecule has 0 fully saturated rings. The van der Waals surface area contributed by atoms with Crippen molar-refractivity contribution >= 4 is 17.9 Å². The van der Waals surface area contributed by atoms with E-state index >= 15 is 0 Å². The standard InChI is InChI=1S/C76H138O6/c1-4-7-10-13-16-19-22-25-27-29-31-32-33-34-35-36-37-38-39-40-41-42-43-44-46-47-49-51-54-57-60-63-66-69-75(78)81-72-73(71-80-74(77)68-65-62-59-56-53-24-21-18-15-12-9-6-3)82-76(79)70-67-64-61-58-55-52-50-48-45-30-28-26-23-20-17-14-11-8-5-2/h7,10,16,19,25-28,31-32,73H,4-6,8-9,11-15,17-18,20-24,29-30,33-72H2,1-3H3/b10-7-,19-16-,27-25-,28-26-,32-31-. The normalized spacial score (nSPS) is 12.4. The first-order valence-corrected chi connectivity index (χ1v) is 36.3. The summed E-state index contributed by atoms with van der Waals surface area (Å²) in [6.45, 7) is 6.58. The summed E-state index contributed by atoms with van der Waals surface area (Å²) in [6.07, 6.45) is 91.2. The quantitative estimate of drug-likeness (QED) is 0.0261. The van der Waals surface area contributed by atoms with Gasteiger partial charge in [0.1, 0.15) is 13.2 Å². The number of unbranched alkanes of at least 4 members (excludes halogenated alkanes) is 46. The lowest BCUT2D eigenvalue weighted by molar-refractivity contribution is -0.167. The van der Waals surface area contributed by atoms with E-state index in [1.165, 1.54) is 263 Å². The van der Waals surface area contributed by atoms with Crippen LogP contribution in [0.15, 0.2) is 60.8 Å². The monoisotopic (exact) mass is 1150 g/mol. The smallest absolute Gasteiger partial charge is 0.306 e. The molecule has 0 amide bonds. The zero-order valence-corrected chi connectivity index (χ0v) is 55.0. The SMILES string of the molecule is CC/C=C\C/C=C\C/C=C\C/C=C\CCCCCCCCCCCCCCCCCCCCCCC(=O)OCC(COC(=O)CCCCCCCCCCCCCC)OC(=O)CCCCCCCCCCC/C=C\CCCCCCCC. The molecule has 82 heavy (non-hydrogen) atoms. The summed E-state index contributed by atoms with van der Waals surface area (Å²) in [5.74, 6) is -0.843. The first-order chi connectivity index (χ1) is 40.5. The molecule has 0 aliphatic heterocycles. The van der Waals surface area contributed by atoms with E-state index in [4.69, 9.17) is 14.2 Å². The highest BCUT2D eigenvalue weighted by atomic mass is 16.6. The summed E-state index contributed by atoms with van der Waals surface area (Å²) >= 11 is 0. The van der Waals surface area contributed by atoms with Crippen molar-refractivity contribution in [2.75, 3.05) is 13.2 Å². The molecule has 0 saturated carbocycles. The maximum atomic E-state index is 12.9. The largest absolute Gasteiger partial charge is 0.462 e. The van der Waals surface area contributed by atoms with Crippen molar-refractivity contribution in [2.45, 2.75) is 393 Å². The van der Waals surface area contributed by atoms with Gasteiger partial charge in [0.15, 0.2) is 6.10 Å². The molecule has 1 atom stereocenters. The van der Waals surface area contributed by atoms with Crippen molar-refractivity contribution in [1.82, 2.24) is 0 Å². The molecule has 0 spiro atoms. The Balaban J connectivity index is 4.12. The summed E-state index contributed by atoms with van der Waals surface area (Å²) in [6, 6.07) is 0. The van der Waals surface area contributed by atoms with E-state index in [0.29, 0.717) is 19.3 Å². The van der Waals surface area contributed by atoms with E-state index in [0.717, 1.165) is 83.5 Å². The molecule has 0 aliphatic rings. The number of hydrogen-bond acceptors (Lipinski definition) is 6. The molecule has 0 aliphatic carbocycles. The summed E-state index contributed by atoms with van der Waals surface area (Å²) < 4.78 is 17.0. The van der Waals surface area contributed by atoms with E-state index in [1.54, 1.807) is 0 Å². The fourth-order valence-electron chi connectivity index (χ4n) is 10.8. The first-order valence-electron chi connectivity index (χ1n) is 36.3. The lowest BCUT2D eigenvalue weighted by Gasteiger charge is -2.18. The van der Waals surface area contributed by atoms with E-state index in [2.05, 4.69) is 81.5 Å².